The molecule has 0 atom stereocenters. The van der Waals surface area contributed by atoms with Gasteiger partial charge in [0.15, 0.2) is 23.3 Å². The Morgan fingerprint density at radius 1 is 0.417 bits per heavy atom. The molecule has 0 aliphatic heterocycles. The molecule has 0 unspecified atom stereocenters. The quantitative estimate of drug-likeness (QED) is 0.146. The van der Waals surface area contributed by atoms with Gasteiger partial charge in [-0.2, -0.15) is 17.6 Å². The third kappa shape index (κ3) is 6.41. The fourth-order valence-corrected chi connectivity index (χ4v) is 4.57. The summed E-state index contributed by atoms with van der Waals surface area (Å²) < 4.78 is 130. The largest absolute Gasteiger partial charge is 0.451 e. The van der Waals surface area contributed by atoms with Crippen molar-refractivity contribution in [1.82, 2.24) is 0 Å². The molecular weight excluding hydrogens is 660 g/mol. The minimum absolute atomic E-state index is 0.00283. The highest BCUT2D eigenvalue weighted by Crippen LogP contribution is 2.43. The molecule has 0 bridgehead atoms. The maximum absolute atomic E-state index is 15.1. The van der Waals surface area contributed by atoms with Crippen molar-refractivity contribution < 1.29 is 63.8 Å². The summed E-state index contributed by atoms with van der Waals surface area (Å²) >= 11 is 0. The number of hydrogen-bond acceptors (Lipinski definition) is 6. The van der Waals surface area contributed by atoms with Crippen LogP contribution in [-0.4, -0.2) is 23.6 Å². The second-order valence-electron chi connectivity index (χ2n) is 9.86. The van der Waals surface area contributed by atoms with Gasteiger partial charge in [0.25, 0.3) is 0 Å². The van der Waals surface area contributed by atoms with Crippen LogP contribution in [0.3, 0.4) is 0 Å². The molecule has 0 fully saturated rings. The highest BCUT2D eigenvalue weighted by molar-refractivity contribution is 6.13. The van der Waals surface area contributed by atoms with Gasteiger partial charge in [0, 0.05) is 27.7 Å². The highest BCUT2D eigenvalue weighted by Gasteiger charge is 2.36. The average molecular weight is 681 g/mol. The molecule has 0 radical (unpaired) electrons. The Bertz CT molecular complexity index is 1760. The number of carbonyl (C=O) groups excluding carboxylic acids is 4. The van der Waals surface area contributed by atoms with Gasteiger partial charge in [-0.1, -0.05) is 0 Å². The molecule has 0 saturated carbocycles. The van der Waals surface area contributed by atoms with Crippen molar-refractivity contribution in [1.29, 1.82) is 0 Å². The molecule has 0 saturated heterocycles. The standard InChI is InChI=1S/C32H20F8N2O6/c1-13(43)41(14(2)44)17-5-9-19(10-6-17)47-31-27(37)23(33)21(24(34)28(31)38)22-25(35)29(39)32(30(40)26(22)36)48-20-11-7-18(8-12-20)42(15(3)45)16(4)46/h5-12H,1-4H3. The van der Waals surface area contributed by atoms with E-state index in [-0.39, 0.29) is 11.4 Å². The van der Waals surface area contributed by atoms with Crippen LogP contribution in [0.15, 0.2) is 48.5 Å². The second kappa shape index (κ2) is 13.5. The normalized spacial score (nSPS) is 10.8. The molecular formula is C32H20F8N2O6. The van der Waals surface area contributed by atoms with Crippen molar-refractivity contribution in [3.05, 3.63) is 95.1 Å². The number of halogens is 8. The van der Waals surface area contributed by atoms with Crippen LogP contribution >= 0.6 is 0 Å². The Morgan fingerprint density at radius 2 is 0.646 bits per heavy atom. The van der Waals surface area contributed by atoms with Gasteiger partial charge >= 0.3 is 0 Å². The third-order valence-electron chi connectivity index (χ3n) is 6.59. The summed E-state index contributed by atoms with van der Waals surface area (Å²) in [5.74, 6) is -26.5. The van der Waals surface area contributed by atoms with Crippen LogP contribution in [0.4, 0.5) is 46.5 Å². The maximum Gasteiger partial charge on any atom is 0.230 e. The van der Waals surface area contributed by atoms with E-state index in [2.05, 4.69) is 0 Å². The van der Waals surface area contributed by atoms with E-state index in [9.17, 15) is 19.2 Å². The lowest BCUT2D eigenvalue weighted by atomic mass is 10.0. The van der Waals surface area contributed by atoms with Gasteiger partial charge in [0.1, 0.15) is 11.5 Å². The average Bonchev–Trinajstić information content (AvgIpc) is 3.02. The molecule has 4 aromatic rings. The molecule has 0 aliphatic rings. The lowest BCUT2D eigenvalue weighted by molar-refractivity contribution is -0.125. The minimum atomic E-state index is -2.48. The third-order valence-corrected chi connectivity index (χ3v) is 6.59. The lowest BCUT2D eigenvalue weighted by Crippen LogP contribution is -2.32. The molecule has 4 aromatic carbocycles. The Labute approximate surface area is 265 Å². The first kappa shape index (κ1) is 35.1. The van der Waals surface area contributed by atoms with Gasteiger partial charge in [0.05, 0.1) is 22.5 Å². The van der Waals surface area contributed by atoms with Crippen molar-refractivity contribution in [2.45, 2.75) is 27.7 Å². The predicted molar refractivity (Wildman–Crippen MR) is 152 cm³/mol. The van der Waals surface area contributed by atoms with Crippen LogP contribution in [-0.2, 0) is 19.2 Å². The second-order valence-corrected chi connectivity index (χ2v) is 9.86. The minimum Gasteiger partial charge on any atom is -0.451 e. The predicted octanol–water partition coefficient (Wildman–Crippen LogP) is 7.85. The molecule has 16 heteroatoms. The fraction of sp³-hybridized carbons (Fsp3) is 0.125. The number of rotatable bonds is 7. The van der Waals surface area contributed by atoms with Crippen LogP contribution in [0.25, 0.3) is 11.1 Å². The number of ether oxygens (including phenoxy) is 2. The number of hydrogen-bond donors (Lipinski definition) is 0. The fourth-order valence-electron chi connectivity index (χ4n) is 4.57. The Balaban J connectivity index is 1.72. The van der Waals surface area contributed by atoms with Gasteiger partial charge in [0.2, 0.25) is 58.4 Å². The summed E-state index contributed by atoms with van der Waals surface area (Å²) in [7, 11) is 0. The first-order chi connectivity index (χ1) is 22.5. The van der Waals surface area contributed by atoms with E-state index in [0.717, 1.165) is 86.0 Å². The molecule has 4 amide bonds. The smallest absolute Gasteiger partial charge is 0.230 e. The topological polar surface area (TPSA) is 93.2 Å². The summed E-state index contributed by atoms with van der Waals surface area (Å²) in [6.07, 6.45) is 0. The molecule has 0 aromatic heterocycles. The van der Waals surface area contributed by atoms with Gasteiger partial charge < -0.3 is 9.47 Å². The Kier molecular flexibility index (Phi) is 9.87. The van der Waals surface area contributed by atoms with E-state index >= 15 is 35.1 Å². The first-order valence-corrected chi connectivity index (χ1v) is 13.4. The van der Waals surface area contributed by atoms with Gasteiger partial charge in [-0.05, 0) is 48.5 Å². The number of imide groups is 2. The number of nitrogens with zero attached hydrogens (tertiary/aromatic N) is 2. The zero-order valence-electron chi connectivity index (χ0n) is 25.0. The number of amides is 4. The Hall–Kier alpha value is -5.80. The molecule has 8 nitrogen and oxygen atoms in total. The van der Waals surface area contributed by atoms with Crippen molar-refractivity contribution in [2.75, 3.05) is 9.80 Å². The van der Waals surface area contributed by atoms with E-state index in [1.165, 1.54) is 0 Å². The lowest BCUT2D eigenvalue weighted by Gasteiger charge is -2.18. The molecule has 0 heterocycles. The van der Waals surface area contributed by atoms with Crippen molar-refractivity contribution >= 4 is 35.0 Å². The van der Waals surface area contributed by atoms with E-state index in [1.807, 2.05) is 0 Å². The van der Waals surface area contributed by atoms with E-state index in [0.29, 0.717) is 0 Å². The van der Waals surface area contributed by atoms with Gasteiger partial charge in [-0.15, -0.1) is 0 Å². The molecule has 4 rings (SSSR count). The van der Waals surface area contributed by atoms with Crippen LogP contribution < -0.4 is 19.3 Å². The number of anilines is 2. The van der Waals surface area contributed by atoms with Crippen LogP contribution in [0.1, 0.15) is 27.7 Å². The van der Waals surface area contributed by atoms with Crippen molar-refractivity contribution in [3.63, 3.8) is 0 Å². The maximum atomic E-state index is 15.1. The van der Waals surface area contributed by atoms with Gasteiger partial charge in [-0.3, -0.25) is 29.0 Å². The SMILES string of the molecule is CC(=O)N(C(C)=O)c1ccc(Oc2c(F)c(F)c(-c3c(F)c(F)c(Oc4ccc(N(C(C)=O)C(C)=O)cc4)c(F)c3F)c(F)c2F)cc1. The zero-order valence-corrected chi connectivity index (χ0v) is 25.0. The summed E-state index contributed by atoms with van der Waals surface area (Å²) in [5.41, 5.74) is -4.29. The Morgan fingerprint density at radius 3 is 0.854 bits per heavy atom. The van der Waals surface area contributed by atoms with E-state index in [4.69, 9.17) is 9.47 Å². The van der Waals surface area contributed by atoms with E-state index in [1.54, 1.807) is 0 Å². The molecule has 0 N–H and O–H groups in total. The molecule has 0 spiro atoms. The highest BCUT2D eigenvalue weighted by atomic mass is 19.2. The molecule has 250 valence electrons. The van der Waals surface area contributed by atoms with Crippen LogP contribution in [0, 0.1) is 46.5 Å². The summed E-state index contributed by atoms with van der Waals surface area (Å²) in [4.78, 5) is 48.3. The number of carbonyl (C=O) groups is 4. The summed E-state index contributed by atoms with van der Waals surface area (Å²) in [5, 5.41) is 0. The first-order valence-electron chi connectivity index (χ1n) is 13.4. The van der Waals surface area contributed by atoms with Gasteiger partial charge in [-0.25, -0.2) is 17.6 Å². The zero-order chi connectivity index (χ0) is 35.8. The molecule has 48 heavy (non-hydrogen) atoms. The van der Waals surface area contributed by atoms with Crippen LogP contribution in [0.5, 0.6) is 23.0 Å². The summed E-state index contributed by atoms with van der Waals surface area (Å²) in [6.45, 7) is 4.32. The van der Waals surface area contributed by atoms with Crippen molar-refractivity contribution in [2.24, 2.45) is 0 Å². The van der Waals surface area contributed by atoms with E-state index < -0.39 is 104 Å². The number of benzene rings is 4. The summed E-state index contributed by atoms with van der Waals surface area (Å²) in [6, 6.07) is 8.25. The van der Waals surface area contributed by atoms with Crippen molar-refractivity contribution in [3.8, 4) is 34.1 Å². The monoisotopic (exact) mass is 680 g/mol. The van der Waals surface area contributed by atoms with Crippen LogP contribution in [0.2, 0.25) is 0 Å². The molecule has 0 aliphatic carbocycles.